The van der Waals surface area contributed by atoms with Gasteiger partial charge in [0.15, 0.2) is 0 Å². The molecular weight excluding hydrogens is 328 g/mol. The van der Waals surface area contributed by atoms with E-state index in [4.69, 9.17) is 4.42 Å². The van der Waals surface area contributed by atoms with Gasteiger partial charge in [0.2, 0.25) is 5.89 Å². The summed E-state index contributed by atoms with van der Waals surface area (Å²) in [6, 6.07) is 18.8. The normalized spacial score (nSPS) is 15.0. The largest absolute Gasteiger partial charge is 0.405 e. The van der Waals surface area contributed by atoms with Crippen LogP contribution >= 0.6 is 0 Å². The fraction of sp³-hybridized carbons (Fsp3) is 0.250. The lowest BCUT2D eigenvalue weighted by Gasteiger charge is -2.16. The van der Waals surface area contributed by atoms with E-state index < -0.39 is 6.04 Å². The predicted molar refractivity (Wildman–Crippen MR) is 97.9 cm³/mol. The lowest BCUT2D eigenvalue weighted by molar-refractivity contribution is 0.0938. The van der Waals surface area contributed by atoms with Crippen LogP contribution in [-0.2, 0) is 0 Å². The van der Waals surface area contributed by atoms with Crippen molar-refractivity contribution < 1.29 is 9.21 Å². The number of benzene rings is 2. The number of amides is 1. The third-order valence-corrected chi connectivity index (χ3v) is 4.50. The van der Waals surface area contributed by atoms with Crippen molar-refractivity contribution in [2.75, 3.05) is 18.0 Å². The molecule has 3 aromatic rings. The van der Waals surface area contributed by atoms with Gasteiger partial charge in [-0.15, -0.1) is 5.10 Å². The molecule has 0 saturated carbocycles. The van der Waals surface area contributed by atoms with Crippen molar-refractivity contribution in [1.82, 2.24) is 15.5 Å². The lowest BCUT2D eigenvalue weighted by atomic mass is 10.1. The maximum Gasteiger partial charge on any atom is 0.318 e. The highest BCUT2D eigenvalue weighted by Crippen LogP contribution is 2.25. The van der Waals surface area contributed by atoms with E-state index in [-0.39, 0.29) is 5.91 Å². The smallest absolute Gasteiger partial charge is 0.318 e. The summed E-state index contributed by atoms with van der Waals surface area (Å²) in [5, 5.41) is 11.4. The minimum Gasteiger partial charge on any atom is -0.405 e. The summed E-state index contributed by atoms with van der Waals surface area (Å²) in [6.07, 6.45) is 2.26. The van der Waals surface area contributed by atoms with E-state index in [2.05, 4.69) is 20.4 Å². The van der Waals surface area contributed by atoms with E-state index in [1.165, 1.54) is 0 Å². The first kappa shape index (κ1) is 16.3. The number of anilines is 1. The van der Waals surface area contributed by atoms with Gasteiger partial charge in [0.25, 0.3) is 5.91 Å². The van der Waals surface area contributed by atoms with Crippen LogP contribution in [0.25, 0.3) is 0 Å². The summed E-state index contributed by atoms with van der Waals surface area (Å²) < 4.78 is 5.91. The van der Waals surface area contributed by atoms with Crippen molar-refractivity contribution >= 4 is 11.9 Å². The van der Waals surface area contributed by atoms with Crippen LogP contribution in [0.3, 0.4) is 0 Å². The number of rotatable bonds is 5. The van der Waals surface area contributed by atoms with Crippen molar-refractivity contribution in [1.29, 1.82) is 0 Å². The van der Waals surface area contributed by atoms with Crippen LogP contribution in [-0.4, -0.2) is 29.2 Å². The Balaban J connectivity index is 1.62. The van der Waals surface area contributed by atoms with Crippen molar-refractivity contribution in [3.05, 3.63) is 77.7 Å². The predicted octanol–water partition coefficient (Wildman–Crippen LogP) is 3.19. The summed E-state index contributed by atoms with van der Waals surface area (Å²) in [4.78, 5) is 14.7. The summed E-state index contributed by atoms with van der Waals surface area (Å²) in [5.74, 6) is 0.211. The third kappa shape index (κ3) is 3.44. The molecule has 2 aromatic carbocycles. The van der Waals surface area contributed by atoms with E-state index in [1.807, 2.05) is 48.5 Å². The molecule has 1 saturated heterocycles. The molecule has 0 bridgehead atoms. The monoisotopic (exact) mass is 348 g/mol. The van der Waals surface area contributed by atoms with Gasteiger partial charge in [0, 0.05) is 18.7 Å². The van der Waals surface area contributed by atoms with Crippen LogP contribution in [0.5, 0.6) is 0 Å². The number of aromatic nitrogens is 2. The molecule has 6 heteroatoms. The molecule has 1 amide bonds. The van der Waals surface area contributed by atoms with Gasteiger partial charge in [-0.25, -0.2) is 0 Å². The molecule has 1 aliphatic heterocycles. The van der Waals surface area contributed by atoms with Crippen LogP contribution in [0.4, 0.5) is 6.01 Å². The van der Waals surface area contributed by atoms with Crippen LogP contribution in [0, 0.1) is 0 Å². The Kier molecular flexibility index (Phi) is 4.64. The Morgan fingerprint density at radius 2 is 1.62 bits per heavy atom. The Labute approximate surface area is 151 Å². The first-order valence-corrected chi connectivity index (χ1v) is 8.80. The Bertz CT molecular complexity index is 858. The minimum absolute atomic E-state index is 0.180. The van der Waals surface area contributed by atoms with Crippen molar-refractivity contribution in [3.63, 3.8) is 0 Å². The van der Waals surface area contributed by atoms with E-state index >= 15 is 0 Å². The molecule has 0 radical (unpaired) electrons. The summed E-state index contributed by atoms with van der Waals surface area (Å²) in [5.41, 5.74) is 1.49. The average molecular weight is 348 g/mol. The van der Waals surface area contributed by atoms with Gasteiger partial charge in [-0.2, -0.15) is 0 Å². The van der Waals surface area contributed by atoms with E-state index in [1.54, 1.807) is 12.1 Å². The maximum absolute atomic E-state index is 12.7. The highest BCUT2D eigenvalue weighted by Gasteiger charge is 2.25. The van der Waals surface area contributed by atoms with Crippen LogP contribution < -0.4 is 10.2 Å². The number of nitrogens with one attached hydrogen (secondary N) is 1. The summed E-state index contributed by atoms with van der Waals surface area (Å²) >= 11 is 0. The quantitative estimate of drug-likeness (QED) is 0.767. The SMILES string of the molecule is O=C(NC(c1ccccc1)c1nnc(N2CCCC2)o1)c1ccccc1. The van der Waals surface area contributed by atoms with Crippen molar-refractivity contribution in [2.45, 2.75) is 18.9 Å². The second-order valence-corrected chi connectivity index (χ2v) is 6.30. The number of hydrogen-bond donors (Lipinski definition) is 1. The van der Waals surface area contributed by atoms with Crippen molar-refractivity contribution in [3.8, 4) is 0 Å². The zero-order chi connectivity index (χ0) is 17.8. The molecular formula is C20H20N4O2. The molecule has 6 nitrogen and oxygen atoms in total. The van der Waals surface area contributed by atoms with Gasteiger partial charge in [0.1, 0.15) is 6.04 Å². The van der Waals surface area contributed by atoms with Gasteiger partial charge in [-0.05, 0) is 30.5 Å². The van der Waals surface area contributed by atoms with Crippen molar-refractivity contribution in [2.24, 2.45) is 0 Å². The summed E-state index contributed by atoms with van der Waals surface area (Å²) in [7, 11) is 0. The lowest BCUT2D eigenvalue weighted by Crippen LogP contribution is -2.29. The molecule has 2 heterocycles. The van der Waals surface area contributed by atoms with Crippen LogP contribution in [0.15, 0.2) is 65.1 Å². The molecule has 4 rings (SSSR count). The zero-order valence-corrected chi connectivity index (χ0v) is 14.3. The molecule has 1 aromatic heterocycles. The Hall–Kier alpha value is -3.15. The second-order valence-electron chi connectivity index (χ2n) is 6.30. The standard InChI is InChI=1S/C20H20N4O2/c25-18(16-11-5-2-6-12-16)21-17(15-9-3-1-4-10-15)19-22-23-20(26-19)24-13-7-8-14-24/h1-6,9-12,17H,7-8,13-14H2,(H,21,25). The molecule has 26 heavy (non-hydrogen) atoms. The van der Waals surface area contributed by atoms with Crippen LogP contribution in [0.1, 0.15) is 40.7 Å². The van der Waals surface area contributed by atoms with Crippen LogP contribution in [0.2, 0.25) is 0 Å². The van der Waals surface area contributed by atoms with Gasteiger partial charge in [-0.3, -0.25) is 4.79 Å². The Morgan fingerprint density at radius 3 is 2.31 bits per heavy atom. The van der Waals surface area contributed by atoms with E-state index in [0.717, 1.165) is 31.5 Å². The number of nitrogens with zero attached hydrogens (tertiary/aromatic N) is 3. The highest BCUT2D eigenvalue weighted by atomic mass is 16.4. The molecule has 0 aliphatic carbocycles. The second kappa shape index (κ2) is 7.39. The molecule has 132 valence electrons. The number of hydrogen-bond acceptors (Lipinski definition) is 5. The molecule has 1 aliphatic rings. The first-order valence-electron chi connectivity index (χ1n) is 8.80. The highest BCUT2D eigenvalue weighted by molar-refractivity contribution is 5.94. The molecule has 0 spiro atoms. The fourth-order valence-corrected chi connectivity index (χ4v) is 3.12. The maximum atomic E-state index is 12.7. The van der Waals surface area contributed by atoms with Gasteiger partial charge in [0.05, 0.1) is 0 Å². The fourth-order valence-electron chi connectivity index (χ4n) is 3.12. The van der Waals surface area contributed by atoms with E-state index in [0.29, 0.717) is 17.5 Å². The Morgan fingerprint density at radius 1 is 0.962 bits per heavy atom. The molecule has 1 fully saturated rings. The van der Waals surface area contributed by atoms with Gasteiger partial charge >= 0.3 is 6.01 Å². The zero-order valence-electron chi connectivity index (χ0n) is 14.3. The van der Waals surface area contributed by atoms with Gasteiger partial charge < -0.3 is 14.6 Å². The molecule has 1 unspecified atom stereocenters. The molecule has 1 atom stereocenters. The first-order chi connectivity index (χ1) is 12.8. The topological polar surface area (TPSA) is 71.3 Å². The van der Waals surface area contributed by atoms with E-state index in [9.17, 15) is 4.79 Å². The summed E-state index contributed by atoms with van der Waals surface area (Å²) in [6.45, 7) is 1.85. The third-order valence-electron chi connectivity index (χ3n) is 4.50. The average Bonchev–Trinajstić information content (AvgIpc) is 3.39. The number of carbonyl (C=O) groups excluding carboxylic acids is 1. The number of carbonyl (C=O) groups is 1. The van der Waals surface area contributed by atoms with Gasteiger partial charge in [-0.1, -0.05) is 53.6 Å². The molecule has 1 N–H and O–H groups in total. The minimum atomic E-state index is -0.493.